The van der Waals surface area contributed by atoms with Gasteiger partial charge in [0.2, 0.25) is 0 Å². The molecule has 276 valence electrons. The zero-order valence-corrected chi connectivity index (χ0v) is 30.3. The first-order valence-corrected chi connectivity index (χ1v) is 18.0. The Labute approximate surface area is 299 Å². The standard InChI is InChI=1S/C40H51NO10/c1-23-17-18-39(50-27(23)5)21-31-20-30(51-39)16-15-25(3)35(49-38(44)33(41-46-6)28-12-8-7-9-13-28)24(2)11-10-14-29-22-47-36-34(42)26(4)19-32(37(43)48-31)40(29,36)45/h7-15,19,23-24,27,30-32,34-36,42,45H,16-18,20-22H2,1-6H3/b11-10+,25-15+,29-14+,41-33-/t23-,24-,27+,30+,31-,32-,34+,35+,36+,39?,40+/m0/s1. The molecule has 1 unspecified atom stereocenters. The molecular formula is C40H51NO10. The van der Waals surface area contributed by atoms with Crippen LogP contribution in [0.4, 0.5) is 0 Å². The van der Waals surface area contributed by atoms with Crippen molar-refractivity contribution >= 4 is 17.7 Å². The van der Waals surface area contributed by atoms with Crippen LogP contribution in [0.15, 0.2) is 82.6 Å². The predicted molar refractivity (Wildman–Crippen MR) is 188 cm³/mol. The van der Waals surface area contributed by atoms with Crippen molar-refractivity contribution in [3.05, 3.63) is 83.0 Å². The molecule has 3 saturated heterocycles. The van der Waals surface area contributed by atoms with E-state index < -0.39 is 53.7 Å². The predicted octanol–water partition coefficient (Wildman–Crippen LogP) is 5.11. The molecule has 5 aliphatic rings. The van der Waals surface area contributed by atoms with Crippen molar-refractivity contribution < 1.29 is 48.3 Å². The molecule has 1 aromatic rings. The molecule has 0 aromatic heterocycles. The van der Waals surface area contributed by atoms with Crippen molar-refractivity contribution in [1.29, 1.82) is 0 Å². The number of rotatable bonds is 4. The second-order valence-electron chi connectivity index (χ2n) is 14.8. The number of hydrogen-bond acceptors (Lipinski definition) is 11. The highest BCUT2D eigenvalue weighted by Gasteiger charge is 2.60. The smallest absolute Gasteiger partial charge is 0.361 e. The first kappa shape index (κ1) is 37.2. The maximum absolute atomic E-state index is 14.1. The van der Waals surface area contributed by atoms with Crippen molar-refractivity contribution in [2.75, 3.05) is 13.7 Å². The van der Waals surface area contributed by atoms with Crippen LogP contribution in [-0.4, -0.2) is 89.6 Å². The van der Waals surface area contributed by atoms with E-state index in [0.29, 0.717) is 48.3 Å². The maximum Gasteiger partial charge on any atom is 0.361 e. The van der Waals surface area contributed by atoms with E-state index in [1.807, 2.05) is 39.0 Å². The normalized spacial score (nSPS) is 41.6. The molecule has 3 fully saturated rings. The van der Waals surface area contributed by atoms with Crippen molar-refractivity contribution in [2.24, 2.45) is 22.9 Å². The number of esters is 2. The van der Waals surface area contributed by atoms with Gasteiger partial charge in [0.1, 0.15) is 43.0 Å². The summed E-state index contributed by atoms with van der Waals surface area (Å²) in [7, 11) is 1.38. The topological polar surface area (TPSA) is 142 Å². The quantitative estimate of drug-likeness (QED) is 0.188. The van der Waals surface area contributed by atoms with Crippen molar-refractivity contribution in [3.63, 3.8) is 0 Å². The summed E-state index contributed by atoms with van der Waals surface area (Å²) in [6.07, 6.45) is 7.89. The monoisotopic (exact) mass is 705 g/mol. The summed E-state index contributed by atoms with van der Waals surface area (Å²) >= 11 is 0. The fourth-order valence-electron chi connectivity index (χ4n) is 8.06. The number of oxime groups is 1. The number of carbonyl (C=O) groups excluding carboxylic acids is 2. The molecular weight excluding hydrogens is 654 g/mol. The largest absolute Gasteiger partial charge is 0.462 e. The van der Waals surface area contributed by atoms with Gasteiger partial charge in [0.05, 0.1) is 18.8 Å². The molecule has 0 amide bonds. The Bertz CT molecular complexity index is 1620. The Morgan fingerprint density at radius 1 is 1.06 bits per heavy atom. The molecule has 0 radical (unpaired) electrons. The van der Waals surface area contributed by atoms with Gasteiger partial charge >= 0.3 is 11.9 Å². The minimum Gasteiger partial charge on any atom is -0.462 e. The summed E-state index contributed by atoms with van der Waals surface area (Å²) < 4.78 is 31.7. The van der Waals surface area contributed by atoms with Gasteiger partial charge in [-0.05, 0) is 56.3 Å². The van der Waals surface area contributed by atoms with Gasteiger partial charge in [-0.3, -0.25) is 4.79 Å². The third-order valence-corrected chi connectivity index (χ3v) is 11.2. The number of benzene rings is 1. The molecule has 1 aromatic carbocycles. The summed E-state index contributed by atoms with van der Waals surface area (Å²) in [5.74, 6) is -3.26. The number of carbonyl (C=O) groups is 2. The van der Waals surface area contributed by atoms with Crippen molar-refractivity contribution in [1.82, 2.24) is 0 Å². The summed E-state index contributed by atoms with van der Waals surface area (Å²) in [6.45, 7) is 9.77. The summed E-state index contributed by atoms with van der Waals surface area (Å²) in [4.78, 5) is 32.8. The van der Waals surface area contributed by atoms with Crippen LogP contribution in [0.2, 0.25) is 0 Å². The van der Waals surface area contributed by atoms with Gasteiger partial charge in [-0.25, -0.2) is 4.79 Å². The van der Waals surface area contributed by atoms with E-state index in [-0.39, 0.29) is 30.4 Å². The number of fused-ring (bicyclic) bond motifs is 2. The first-order chi connectivity index (χ1) is 24.3. The Kier molecular flexibility index (Phi) is 11.0. The first-order valence-electron chi connectivity index (χ1n) is 18.0. The molecule has 2 N–H and O–H groups in total. The zero-order valence-electron chi connectivity index (χ0n) is 30.3. The lowest BCUT2D eigenvalue weighted by Gasteiger charge is -2.49. The molecule has 11 nitrogen and oxygen atoms in total. The second kappa shape index (κ2) is 15.2. The number of aliphatic hydroxyl groups is 2. The van der Waals surface area contributed by atoms with Gasteiger partial charge in [-0.1, -0.05) is 79.7 Å². The summed E-state index contributed by atoms with van der Waals surface area (Å²) in [6, 6.07) is 8.99. The van der Waals surface area contributed by atoms with E-state index in [4.69, 9.17) is 28.5 Å². The summed E-state index contributed by atoms with van der Waals surface area (Å²) in [5.41, 5.74) is 0.527. The fraction of sp³-hybridized carbons (Fsp3) is 0.575. The third kappa shape index (κ3) is 7.50. The second-order valence-corrected chi connectivity index (χ2v) is 14.8. The Morgan fingerprint density at radius 3 is 2.55 bits per heavy atom. The van der Waals surface area contributed by atoms with Crippen molar-refractivity contribution in [2.45, 2.75) is 115 Å². The van der Waals surface area contributed by atoms with Gasteiger partial charge < -0.3 is 38.7 Å². The molecule has 0 saturated carbocycles. The number of nitrogens with zero attached hydrogens (tertiary/aromatic N) is 1. The SMILES string of the molecule is CO/N=C(\C(=O)O[C@H]1/C(C)=C/C[C@@H]2C[C@@H](CC3(CC[C@H](C)[C@@H](C)O3)O2)OC(=O)[C@@H]2C=C(C)[C@@H](O)[C@H]3OC/C(=C\C=C\[C@@H]1C)[C@]32O)c1ccccc1. The van der Waals surface area contributed by atoms with E-state index in [9.17, 15) is 19.8 Å². The van der Waals surface area contributed by atoms with Crippen LogP contribution < -0.4 is 0 Å². The fourth-order valence-corrected chi connectivity index (χ4v) is 8.06. The van der Waals surface area contributed by atoms with Gasteiger partial charge in [0, 0.05) is 30.7 Å². The molecule has 51 heavy (non-hydrogen) atoms. The van der Waals surface area contributed by atoms with Gasteiger partial charge in [0.25, 0.3) is 0 Å². The van der Waals surface area contributed by atoms with Crippen LogP contribution in [-0.2, 0) is 38.1 Å². The lowest BCUT2D eigenvalue weighted by atomic mass is 9.71. The van der Waals surface area contributed by atoms with E-state index in [0.717, 1.165) is 12.0 Å². The summed E-state index contributed by atoms with van der Waals surface area (Å²) in [5, 5.41) is 27.3. The molecule has 2 bridgehead atoms. The Balaban J connectivity index is 1.39. The highest BCUT2D eigenvalue weighted by Crippen LogP contribution is 2.47. The highest BCUT2D eigenvalue weighted by atomic mass is 16.7. The van der Waals surface area contributed by atoms with E-state index in [1.54, 1.807) is 49.4 Å². The van der Waals surface area contributed by atoms with Crippen LogP contribution in [0.5, 0.6) is 0 Å². The molecule has 4 aliphatic heterocycles. The van der Waals surface area contributed by atoms with E-state index >= 15 is 0 Å². The molecule has 4 heterocycles. The number of allylic oxidation sites excluding steroid dienone is 2. The third-order valence-electron chi connectivity index (χ3n) is 11.2. The van der Waals surface area contributed by atoms with Crippen LogP contribution in [0.3, 0.4) is 0 Å². The average Bonchev–Trinajstić information content (AvgIpc) is 3.44. The number of hydrogen-bond donors (Lipinski definition) is 2. The number of ether oxygens (including phenoxy) is 5. The van der Waals surface area contributed by atoms with Gasteiger partial charge in [-0.15, -0.1) is 0 Å². The van der Waals surface area contributed by atoms with E-state index in [2.05, 4.69) is 12.1 Å². The molecule has 1 aliphatic carbocycles. The maximum atomic E-state index is 14.1. The van der Waals surface area contributed by atoms with Crippen LogP contribution in [0, 0.1) is 17.8 Å². The van der Waals surface area contributed by atoms with Crippen molar-refractivity contribution in [3.8, 4) is 0 Å². The van der Waals surface area contributed by atoms with E-state index in [1.165, 1.54) is 7.11 Å². The Morgan fingerprint density at radius 2 is 1.82 bits per heavy atom. The number of aliphatic hydroxyl groups excluding tert-OH is 1. The minimum absolute atomic E-state index is 0.0134. The van der Waals surface area contributed by atoms with Gasteiger partial charge in [-0.2, -0.15) is 0 Å². The molecule has 6 rings (SSSR count). The molecule has 11 heteroatoms. The Hall–Kier alpha value is -3.61. The van der Waals surface area contributed by atoms with Crippen LogP contribution in [0.1, 0.15) is 72.3 Å². The lowest BCUT2D eigenvalue weighted by molar-refractivity contribution is -0.332. The molecule has 11 atom stereocenters. The zero-order chi connectivity index (χ0) is 36.5. The highest BCUT2D eigenvalue weighted by molar-refractivity contribution is 6.43. The van der Waals surface area contributed by atoms with Gasteiger partial charge in [0.15, 0.2) is 11.5 Å². The average molecular weight is 706 g/mol. The van der Waals surface area contributed by atoms with Crippen LogP contribution in [0.25, 0.3) is 0 Å². The lowest BCUT2D eigenvalue weighted by Crippen LogP contribution is -2.58. The minimum atomic E-state index is -1.84. The molecule has 1 spiro atoms. The van der Waals surface area contributed by atoms with Crippen LogP contribution >= 0.6 is 0 Å².